The Hall–Kier alpha value is -2.99. The van der Waals surface area contributed by atoms with Crippen LogP contribution in [0.5, 0.6) is 11.5 Å². The van der Waals surface area contributed by atoms with Crippen molar-refractivity contribution < 1.29 is 19.0 Å². The fourth-order valence-corrected chi connectivity index (χ4v) is 3.32. The van der Waals surface area contributed by atoms with Crippen LogP contribution in [0.15, 0.2) is 48.5 Å². The Bertz CT molecular complexity index is 864. The van der Waals surface area contributed by atoms with E-state index in [1.807, 2.05) is 42.5 Å². The van der Waals surface area contributed by atoms with Gasteiger partial charge >= 0.3 is 0 Å². The van der Waals surface area contributed by atoms with E-state index in [1.165, 1.54) is 6.08 Å². The lowest BCUT2D eigenvalue weighted by Crippen LogP contribution is -2.43. The van der Waals surface area contributed by atoms with Gasteiger partial charge in [-0.1, -0.05) is 13.0 Å². The van der Waals surface area contributed by atoms with Gasteiger partial charge in [0.25, 0.3) is 0 Å². The molecule has 1 heterocycles. The van der Waals surface area contributed by atoms with Crippen LogP contribution in [0.1, 0.15) is 25.8 Å². The molecule has 30 heavy (non-hydrogen) atoms. The van der Waals surface area contributed by atoms with Crippen molar-refractivity contribution in [3.63, 3.8) is 0 Å². The number of nitrogens with one attached hydrogen (secondary N) is 1. The summed E-state index contributed by atoms with van der Waals surface area (Å²) in [5, 5.41) is 2.90. The summed E-state index contributed by atoms with van der Waals surface area (Å²) >= 11 is 0. The van der Waals surface area contributed by atoms with Crippen molar-refractivity contribution in [1.82, 2.24) is 0 Å². The highest BCUT2D eigenvalue weighted by molar-refractivity contribution is 6.02. The molecular weight excluding hydrogens is 380 g/mol. The van der Waals surface area contributed by atoms with Crippen molar-refractivity contribution >= 4 is 23.4 Å². The number of hydrogen-bond donors (Lipinski definition) is 1. The second kappa shape index (κ2) is 10.7. The normalized spacial score (nSPS) is 16.5. The molecule has 1 amide bonds. The van der Waals surface area contributed by atoms with Gasteiger partial charge in [-0.15, -0.1) is 0 Å². The van der Waals surface area contributed by atoms with E-state index in [0.29, 0.717) is 24.1 Å². The molecule has 6 heteroatoms. The summed E-state index contributed by atoms with van der Waals surface area (Å²) in [6.45, 7) is 7.19. The predicted octanol–water partition coefficient (Wildman–Crippen LogP) is 4.36. The van der Waals surface area contributed by atoms with Crippen LogP contribution in [0, 0.1) is 0 Å². The largest absolute Gasteiger partial charge is 0.493 e. The van der Waals surface area contributed by atoms with Gasteiger partial charge < -0.3 is 24.4 Å². The SMILES string of the molecule is CCCOc1ccc(/C=C/C(=O)Nc2ccc(N3CCOCC3C)cc2)cc1OC. The van der Waals surface area contributed by atoms with Crippen molar-refractivity contribution in [2.24, 2.45) is 0 Å². The molecule has 2 aromatic carbocycles. The van der Waals surface area contributed by atoms with Crippen LogP contribution in [-0.2, 0) is 9.53 Å². The number of ether oxygens (including phenoxy) is 3. The minimum absolute atomic E-state index is 0.187. The zero-order valence-corrected chi connectivity index (χ0v) is 17.9. The predicted molar refractivity (Wildman–Crippen MR) is 121 cm³/mol. The number of carbonyl (C=O) groups is 1. The van der Waals surface area contributed by atoms with Crippen molar-refractivity contribution in [3.8, 4) is 11.5 Å². The standard InChI is InChI=1S/C24H30N2O4/c1-4-14-30-22-11-5-19(16-23(22)28-3)6-12-24(27)25-20-7-9-21(10-8-20)26-13-15-29-17-18(26)2/h5-12,16,18H,4,13-15,17H2,1-3H3,(H,25,27)/b12-6+. The third-order valence-corrected chi connectivity index (χ3v) is 4.91. The number of benzene rings is 2. The molecule has 1 N–H and O–H groups in total. The fraction of sp³-hybridized carbons (Fsp3) is 0.375. The molecule has 160 valence electrons. The highest BCUT2D eigenvalue weighted by Gasteiger charge is 2.18. The maximum Gasteiger partial charge on any atom is 0.248 e. The van der Waals surface area contributed by atoms with Gasteiger partial charge in [0.2, 0.25) is 5.91 Å². The van der Waals surface area contributed by atoms with Gasteiger partial charge in [0, 0.05) is 30.0 Å². The van der Waals surface area contributed by atoms with Gasteiger partial charge in [-0.2, -0.15) is 0 Å². The summed E-state index contributed by atoms with van der Waals surface area (Å²) < 4.78 is 16.5. The number of hydrogen-bond acceptors (Lipinski definition) is 5. The zero-order chi connectivity index (χ0) is 21.3. The number of rotatable bonds is 8. The molecule has 1 unspecified atom stereocenters. The smallest absolute Gasteiger partial charge is 0.248 e. The van der Waals surface area contributed by atoms with Crippen LogP contribution < -0.4 is 19.7 Å². The first-order chi connectivity index (χ1) is 14.6. The molecule has 0 aromatic heterocycles. The topological polar surface area (TPSA) is 60.0 Å². The lowest BCUT2D eigenvalue weighted by Gasteiger charge is -2.35. The van der Waals surface area contributed by atoms with Crippen LogP contribution in [0.4, 0.5) is 11.4 Å². The monoisotopic (exact) mass is 410 g/mol. The third kappa shape index (κ3) is 5.76. The minimum Gasteiger partial charge on any atom is -0.493 e. The van der Waals surface area contributed by atoms with Crippen LogP contribution in [0.3, 0.4) is 0 Å². The van der Waals surface area contributed by atoms with Gasteiger partial charge in [-0.3, -0.25) is 4.79 Å². The van der Waals surface area contributed by atoms with E-state index < -0.39 is 0 Å². The first-order valence-corrected chi connectivity index (χ1v) is 10.3. The van der Waals surface area contributed by atoms with Gasteiger partial charge in [-0.05, 0) is 61.4 Å². The number of amides is 1. The summed E-state index contributed by atoms with van der Waals surface area (Å²) in [7, 11) is 1.61. The maximum absolute atomic E-state index is 12.3. The fourth-order valence-electron chi connectivity index (χ4n) is 3.32. The molecule has 1 aliphatic rings. The Labute approximate surface area is 178 Å². The third-order valence-electron chi connectivity index (χ3n) is 4.91. The van der Waals surface area contributed by atoms with E-state index in [2.05, 4.69) is 24.1 Å². The molecule has 1 fully saturated rings. The second-order valence-electron chi connectivity index (χ2n) is 7.25. The summed E-state index contributed by atoms with van der Waals surface area (Å²) in [5.41, 5.74) is 2.76. The summed E-state index contributed by atoms with van der Waals surface area (Å²) in [5.74, 6) is 1.17. The number of methoxy groups -OCH3 is 1. The summed E-state index contributed by atoms with van der Waals surface area (Å²) in [6, 6.07) is 13.9. The molecule has 0 spiro atoms. The van der Waals surface area contributed by atoms with Crippen LogP contribution in [0.25, 0.3) is 6.08 Å². The van der Waals surface area contributed by atoms with Crippen LogP contribution in [0.2, 0.25) is 0 Å². The quantitative estimate of drug-likeness (QED) is 0.655. The van der Waals surface area contributed by atoms with Crippen molar-refractivity contribution in [2.45, 2.75) is 26.3 Å². The highest BCUT2D eigenvalue weighted by atomic mass is 16.5. The van der Waals surface area contributed by atoms with E-state index in [-0.39, 0.29) is 5.91 Å². The van der Waals surface area contributed by atoms with Crippen molar-refractivity contribution in [3.05, 3.63) is 54.1 Å². The number of carbonyl (C=O) groups excluding carboxylic acids is 1. The van der Waals surface area contributed by atoms with E-state index in [4.69, 9.17) is 14.2 Å². The minimum atomic E-state index is -0.187. The molecule has 3 rings (SSSR count). The van der Waals surface area contributed by atoms with Gasteiger partial charge in [0.1, 0.15) is 0 Å². The molecular formula is C24H30N2O4. The zero-order valence-electron chi connectivity index (χ0n) is 17.9. The Morgan fingerprint density at radius 1 is 1.23 bits per heavy atom. The number of morpholine rings is 1. The molecule has 0 radical (unpaired) electrons. The molecule has 2 aromatic rings. The molecule has 6 nitrogen and oxygen atoms in total. The Morgan fingerprint density at radius 2 is 2.03 bits per heavy atom. The Balaban J connectivity index is 1.59. The van der Waals surface area contributed by atoms with Gasteiger partial charge in [-0.25, -0.2) is 0 Å². The van der Waals surface area contributed by atoms with Crippen LogP contribution in [-0.4, -0.2) is 45.4 Å². The number of anilines is 2. The van der Waals surface area contributed by atoms with Crippen molar-refractivity contribution in [1.29, 1.82) is 0 Å². The molecule has 1 aliphatic heterocycles. The lowest BCUT2D eigenvalue weighted by atomic mass is 10.2. The van der Waals surface area contributed by atoms with E-state index in [9.17, 15) is 4.79 Å². The Kier molecular flexibility index (Phi) is 7.74. The Morgan fingerprint density at radius 3 is 2.73 bits per heavy atom. The molecule has 0 bridgehead atoms. The average molecular weight is 411 g/mol. The highest BCUT2D eigenvalue weighted by Crippen LogP contribution is 2.28. The maximum atomic E-state index is 12.3. The first kappa shape index (κ1) is 21.7. The van der Waals surface area contributed by atoms with Crippen LogP contribution >= 0.6 is 0 Å². The van der Waals surface area contributed by atoms with Gasteiger partial charge in [0.15, 0.2) is 11.5 Å². The molecule has 0 saturated carbocycles. The van der Waals surface area contributed by atoms with Crippen molar-refractivity contribution in [2.75, 3.05) is 43.7 Å². The second-order valence-corrected chi connectivity index (χ2v) is 7.25. The lowest BCUT2D eigenvalue weighted by molar-refractivity contribution is -0.111. The molecule has 0 aliphatic carbocycles. The van der Waals surface area contributed by atoms with E-state index >= 15 is 0 Å². The molecule has 1 atom stereocenters. The van der Waals surface area contributed by atoms with E-state index in [1.54, 1.807) is 13.2 Å². The van der Waals surface area contributed by atoms with Gasteiger partial charge in [0.05, 0.1) is 26.9 Å². The molecule has 1 saturated heterocycles. The summed E-state index contributed by atoms with van der Waals surface area (Å²) in [4.78, 5) is 14.6. The van der Waals surface area contributed by atoms with E-state index in [0.717, 1.165) is 43.1 Å². The summed E-state index contributed by atoms with van der Waals surface area (Å²) in [6.07, 6.45) is 4.20. The first-order valence-electron chi connectivity index (χ1n) is 10.3. The average Bonchev–Trinajstić information content (AvgIpc) is 2.77. The number of nitrogens with zero attached hydrogens (tertiary/aromatic N) is 1.